The highest BCUT2D eigenvalue weighted by Crippen LogP contribution is 2.29. The van der Waals surface area contributed by atoms with Gasteiger partial charge in [0.25, 0.3) is 0 Å². The SMILES string of the molecule is CC1CCCC(N2CCC(C(=O)O)C2)CC1. The number of likely N-dealkylation sites (tertiary alicyclic amines) is 1. The minimum atomic E-state index is -0.607. The Morgan fingerprint density at radius 2 is 2.00 bits per heavy atom. The van der Waals surface area contributed by atoms with Crippen molar-refractivity contribution in [3.05, 3.63) is 0 Å². The molecule has 1 aliphatic carbocycles. The summed E-state index contributed by atoms with van der Waals surface area (Å²) in [5.74, 6) is 0.146. The first kappa shape index (κ1) is 11.9. The van der Waals surface area contributed by atoms with E-state index in [0.29, 0.717) is 6.04 Å². The van der Waals surface area contributed by atoms with E-state index in [1.54, 1.807) is 0 Å². The van der Waals surface area contributed by atoms with Crippen molar-refractivity contribution in [3.8, 4) is 0 Å². The van der Waals surface area contributed by atoms with Crippen molar-refractivity contribution in [1.29, 1.82) is 0 Å². The summed E-state index contributed by atoms with van der Waals surface area (Å²) in [7, 11) is 0. The molecule has 0 amide bonds. The Morgan fingerprint density at radius 3 is 2.69 bits per heavy atom. The van der Waals surface area contributed by atoms with Gasteiger partial charge in [0.2, 0.25) is 0 Å². The quantitative estimate of drug-likeness (QED) is 0.733. The number of nitrogens with zero attached hydrogens (tertiary/aromatic N) is 1. The highest BCUT2D eigenvalue weighted by Gasteiger charge is 2.32. The van der Waals surface area contributed by atoms with Crippen LogP contribution >= 0.6 is 0 Å². The predicted octanol–water partition coefficient (Wildman–Crippen LogP) is 2.36. The van der Waals surface area contributed by atoms with Crippen molar-refractivity contribution in [3.63, 3.8) is 0 Å². The average Bonchev–Trinajstić information content (AvgIpc) is 2.63. The van der Waals surface area contributed by atoms with Crippen molar-refractivity contribution in [2.75, 3.05) is 13.1 Å². The van der Waals surface area contributed by atoms with Crippen molar-refractivity contribution in [1.82, 2.24) is 4.90 Å². The first-order valence-electron chi connectivity index (χ1n) is 6.63. The van der Waals surface area contributed by atoms with E-state index in [2.05, 4.69) is 11.8 Å². The molecule has 3 nitrogen and oxygen atoms in total. The molecular weight excluding hydrogens is 202 g/mol. The van der Waals surface area contributed by atoms with Crippen LogP contribution < -0.4 is 0 Å². The molecule has 0 aromatic carbocycles. The fourth-order valence-corrected chi connectivity index (χ4v) is 3.15. The highest BCUT2D eigenvalue weighted by molar-refractivity contribution is 5.70. The molecule has 2 fully saturated rings. The molecule has 1 heterocycles. The highest BCUT2D eigenvalue weighted by atomic mass is 16.4. The predicted molar refractivity (Wildman–Crippen MR) is 63.4 cm³/mol. The molecule has 92 valence electrons. The van der Waals surface area contributed by atoms with Crippen LogP contribution in [0.15, 0.2) is 0 Å². The maximum absolute atomic E-state index is 10.9. The van der Waals surface area contributed by atoms with E-state index in [9.17, 15) is 4.79 Å². The molecule has 2 aliphatic rings. The van der Waals surface area contributed by atoms with Gasteiger partial charge in [-0.2, -0.15) is 0 Å². The Morgan fingerprint density at radius 1 is 1.19 bits per heavy atom. The van der Waals surface area contributed by atoms with Gasteiger partial charge in [-0.1, -0.05) is 19.8 Å². The largest absolute Gasteiger partial charge is 0.481 e. The van der Waals surface area contributed by atoms with Crippen molar-refractivity contribution >= 4 is 5.97 Å². The lowest BCUT2D eigenvalue weighted by molar-refractivity contribution is -0.141. The summed E-state index contributed by atoms with van der Waals surface area (Å²) in [4.78, 5) is 13.4. The van der Waals surface area contributed by atoms with Crippen molar-refractivity contribution in [2.24, 2.45) is 11.8 Å². The Kier molecular flexibility index (Phi) is 3.85. The van der Waals surface area contributed by atoms with Crippen LogP contribution in [0.4, 0.5) is 0 Å². The maximum atomic E-state index is 10.9. The molecule has 3 heteroatoms. The molecule has 0 aromatic heterocycles. The third-order valence-electron chi connectivity index (χ3n) is 4.31. The number of carboxylic acids is 1. The number of carbonyl (C=O) groups is 1. The number of rotatable bonds is 2. The normalized spacial score (nSPS) is 37.2. The smallest absolute Gasteiger partial charge is 0.307 e. The van der Waals surface area contributed by atoms with Gasteiger partial charge >= 0.3 is 5.97 Å². The molecule has 16 heavy (non-hydrogen) atoms. The van der Waals surface area contributed by atoms with Gasteiger partial charge in [0.1, 0.15) is 0 Å². The van der Waals surface area contributed by atoms with Gasteiger partial charge in [-0.25, -0.2) is 0 Å². The van der Waals surface area contributed by atoms with Gasteiger partial charge in [-0.15, -0.1) is 0 Å². The topological polar surface area (TPSA) is 40.5 Å². The van der Waals surface area contributed by atoms with Gasteiger partial charge in [0.15, 0.2) is 0 Å². The van der Waals surface area contributed by atoms with Crippen LogP contribution in [0.3, 0.4) is 0 Å². The molecule has 1 N–H and O–H groups in total. The van der Waals surface area contributed by atoms with Crippen LogP contribution in [0.5, 0.6) is 0 Å². The van der Waals surface area contributed by atoms with E-state index in [1.807, 2.05) is 0 Å². The summed E-state index contributed by atoms with van der Waals surface area (Å²) >= 11 is 0. The van der Waals surface area contributed by atoms with Crippen LogP contribution in [0, 0.1) is 11.8 Å². The second-order valence-electron chi connectivity index (χ2n) is 5.59. The lowest BCUT2D eigenvalue weighted by atomic mass is 10.0. The molecule has 0 spiro atoms. The van der Waals surface area contributed by atoms with Crippen LogP contribution in [-0.2, 0) is 4.79 Å². The molecular formula is C13H23NO2. The number of carboxylic acid groups (broad SMARTS) is 1. The molecule has 1 saturated carbocycles. The lowest BCUT2D eigenvalue weighted by Crippen LogP contribution is -2.33. The summed E-state index contributed by atoms with van der Waals surface area (Å²) in [6, 6.07) is 0.661. The second kappa shape index (κ2) is 5.17. The first-order valence-corrected chi connectivity index (χ1v) is 6.63. The first-order chi connectivity index (χ1) is 7.66. The van der Waals surface area contributed by atoms with E-state index in [4.69, 9.17) is 5.11 Å². The summed E-state index contributed by atoms with van der Waals surface area (Å²) < 4.78 is 0. The second-order valence-corrected chi connectivity index (χ2v) is 5.59. The Bertz CT molecular complexity index is 254. The summed E-state index contributed by atoms with van der Waals surface area (Å²) in [5, 5.41) is 9.00. The third-order valence-corrected chi connectivity index (χ3v) is 4.31. The lowest BCUT2D eigenvalue weighted by Gasteiger charge is -2.26. The van der Waals surface area contributed by atoms with Gasteiger partial charge in [-0.3, -0.25) is 9.69 Å². The number of aliphatic carboxylic acids is 1. The Labute approximate surface area is 97.8 Å². The van der Waals surface area contributed by atoms with Gasteiger partial charge in [-0.05, 0) is 38.1 Å². The molecule has 3 atom stereocenters. The van der Waals surface area contributed by atoms with E-state index < -0.39 is 5.97 Å². The van der Waals surface area contributed by atoms with Crippen LogP contribution in [0.1, 0.15) is 45.4 Å². The third kappa shape index (κ3) is 2.76. The molecule has 0 radical (unpaired) electrons. The molecule has 2 rings (SSSR count). The average molecular weight is 225 g/mol. The minimum absolute atomic E-state index is 0.110. The zero-order valence-electron chi connectivity index (χ0n) is 10.2. The molecule has 1 aliphatic heterocycles. The molecule has 0 bridgehead atoms. The fraction of sp³-hybridized carbons (Fsp3) is 0.923. The maximum Gasteiger partial charge on any atom is 0.307 e. The summed E-state index contributed by atoms with van der Waals surface area (Å²) in [5.41, 5.74) is 0. The fourth-order valence-electron chi connectivity index (χ4n) is 3.15. The number of hydrogen-bond donors (Lipinski definition) is 1. The monoisotopic (exact) mass is 225 g/mol. The molecule has 3 unspecified atom stereocenters. The Balaban J connectivity index is 1.86. The molecule has 1 saturated heterocycles. The van der Waals surface area contributed by atoms with E-state index in [1.165, 1.54) is 32.1 Å². The van der Waals surface area contributed by atoms with Crippen molar-refractivity contribution in [2.45, 2.75) is 51.5 Å². The Hall–Kier alpha value is -0.570. The zero-order valence-corrected chi connectivity index (χ0v) is 10.2. The minimum Gasteiger partial charge on any atom is -0.481 e. The van der Waals surface area contributed by atoms with Gasteiger partial charge in [0, 0.05) is 12.6 Å². The van der Waals surface area contributed by atoms with E-state index in [0.717, 1.165) is 25.4 Å². The van der Waals surface area contributed by atoms with E-state index >= 15 is 0 Å². The summed E-state index contributed by atoms with van der Waals surface area (Å²) in [6.45, 7) is 4.12. The summed E-state index contributed by atoms with van der Waals surface area (Å²) in [6.07, 6.45) is 7.39. The standard InChI is InChI=1S/C13H23NO2/c1-10-3-2-4-12(6-5-10)14-8-7-11(9-14)13(15)16/h10-12H,2-9H2,1H3,(H,15,16). The number of hydrogen-bond acceptors (Lipinski definition) is 2. The van der Waals surface area contributed by atoms with Gasteiger partial charge < -0.3 is 5.11 Å². The van der Waals surface area contributed by atoms with Gasteiger partial charge in [0.05, 0.1) is 5.92 Å². The van der Waals surface area contributed by atoms with E-state index in [-0.39, 0.29) is 5.92 Å². The van der Waals surface area contributed by atoms with Crippen LogP contribution in [-0.4, -0.2) is 35.1 Å². The molecule has 0 aromatic rings. The van der Waals surface area contributed by atoms with Crippen LogP contribution in [0.25, 0.3) is 0 Å². The van der Waals surface area contributed by atoms with Crippen LogP contribution in [0.2, 0.25) is 0 Å². The zero-order chi connectivity index (χ0) is 11.5. The van der Waals surface area contributed by atoms with Crippen molar-refractivity contribution < 1.29 is 9.90 Å².